The lowest BCUT2D eigenvalue weighted by molar-refractivity contribution is 0.0964. The number of aromatic amines is 1. The number of sulfonamides is 1. The Labute approximate surface area is 141 Å². The minimum absolute atomic E-state index is 0.0976. The second-order valence-electron chi connectivity index (χ2n) is 4.69. The zero-order valence-corrected chi connectivity index (χ0v) is 14.3. The fraction of sp³-hybridized carbons (Fsp3) is 0.0714. The van der Waals surface area contributed by atoms with E-state index in [4.69, 9.17) is 11.6 Å². The summed E-state index contributed by atoms with van der Waals surface area (Å²) in [6, 6.07) is 6.47. The van der Waals surface area contributed by atoms with Crippen LogP contribution in [0.3, 0.4) is 0 Å². The topological polar surface area (TPSA) is 91.1 Å². The molecule has 3 rings (SSSR count). The fourth-order valence-electron chi connectivity index (χ4n) is 2.17. The highest BCUT2D eigenvalue weighted by Gasteiger charge is 2.22. The summed E-state index contributed by atoms with van der Waals surface area (Å²) in [6.45, 7) is 0. The van der Waals surface area contributed by atoms with Crippen molar-refractivity contribution in [2.45, 2.75) is 4.90 Å². The number of anilines is 1. The lowest BCUT2D eigenvalue weighted by Crippen LogP contribution is -2.20. The van der Waals surface area contributed by atoms with Crippen molar-refractivity contribution in [2.24, 2.45) is 0 Å². The number of thiophene rings is 1. The molecule has 0 atom stereocenters. The summed E-state index contributed by atoms with van der Waals surface area (Å²) in [5, 5.41) is 5.44. The maximum atomic E-state index is 12.6. The minimum Gasteiger partial charge on any atom is -0.360 e. The number of fused-ring (bicyclic) bond motifs is 1. The number of aromatic nitrogens is 1. The van der Waals surface area contributed by atoms with E-state index in [2.05, 4.69) is 15.0 Å². The molecule has 2 aromatic heterocycles. The van der Waals surface area contributed by atoms with E-state index in [-0.39, 0.29) is 21.4 Å². The first-order valence-electron chi connectivity index (χ1n) is 6.51. The molecule has 0 saturated heterocycles. The Balaban J connectivity index is 2.02. The lowest BCUT2D eigenvalue weighted by Gasteiger charge is -2.07. The standard InChI is InChI=1S/C14H12ClN3O3S2/c1-16-13(19)10-4-5-22-14(10)18-23(20,21)12-7-17-11-6-8(15)2-3-9(11)12/h2-7,17-18H,1H3,(H,16,19). The minimum atomic E-state index is -3.84. The van der Waals surface area contributed by atoms with E-state index in [0.29, 0.717) is 15.9 Å². The quantitative estimate of drug-likeness (QED) is 0.660. The summed E-state index contributed by atoms with van der Waals surface area (Å²) in [5.41, 5.74) is 0.902. The number of hydrogen-bond acceptors (Lipinski definition) is 4. The van der Waals surface area contributed by atoms with E-state index in [0.717, 1.165) is 11.3 Å². The summed E-state index contributed by atoms with van der Waals surface area (Å²) < 4.78 is 27.7. The molecule has 6 nitrogen and oxygen atoms in total. The molecule has 23 heavy (non-hydrogen) atoms. The summed E-state index contributed by atoms with van der Waals surface area (Å²) in [7, 11) is -2.35. The van der Waals surface area contributed by atoms with Gasteiger partial charge in [-0.25, -0.2) is 8.42 Å². The molecule has 0 aliphatic carbocycles. The first kappa shape index (κ1) is 15.9. The van der Waals surface area contributed by atoms with Crippen LogP contribution in [0.25, 0.3) is 10.9 Å². The van der Waals surface area contributed by atoms with Crippen molar-refractivity contribution in [3.05, 3.63) is 46.4 Å². The Morgan fingerprint density at radius 2 is 2.09 bits per heavy atom. The van der Waals surface area contributed by atoms with E-state index in [1.807, 2.05) is 0 Å². The van der Waals surface area contributed by atoms with Crippen LogP contribution in [0.2, 0.25) is 5.02 Å². The number of amides is 1. The van der Waals surface area contributed by atoms with Gasteiger partial charge in [0.15, 0.2) is 0 Å². The van der Waals surface area contributed by atoms with Crippen LogP contribution in [0, 0.1) is 0 Å². The average molecular weight is 370 g/mol. The monoisotopic (exact) mass is 369 g/mol. The van der Waals surface area contributed by atoms with Crippen molar-refractivity contribution >= 4 is 54.8 Å². The normalized spacial score (nSPS) is 11.6. The van der Waals surface area contributed by atoms with Gasteiger partial charge in [-0.2, -0.15) is 0 Å². The van der Waals surface area contributed by atoms with Gasteiger partial charge in [-0.3, -0.25) is 9.52 Å². The molecular formula is C14H12ClN3O3S2. The van der Waals surface area contributed by atoms with E-state index >= 15 is 0 Å². The van der Waals surface area contributed by atoms with Crippen LogP contribution in [0.1, 0.15) is 10.4 Å². The van der Waals surface area contributed by atoms with Gasteiger partial charge in [0.05, 0.1) is 5.56 Å². The highest BCUT2D eigenvalue weighted by molar-refractivity contribution is 7.93. The summed E-state index contributed by atoms with van der Waals surface area (Å²) in [5.74, 6) is -0.352. The molecule has 0 aliphatic rings. The van der Waals surface area contributed by atoms with Crippen LogP contribution < -0.4 is 10.0 Å². The van der Waals surface area contributed by atoms with E-state index in [1.165, 1.54) is 13.2 Å². The van der Waals surface area contributed by atoms with Gasteiger partial charge >= 0.3 is 0 Å². The van der Waals surface area contributed by atoms with Crippen molar-refractivity contribution < 1.29 is 13.2 Å². The van der Waals surface area contributed by atoms with Crippen LogP contribution in [-0.2, 0) is 10.0 Å². The number of halogens is 1. The smallest absolute Gasteiger partial charge is 0.264 e. The SMILES string of the molecule is CNC(=O)c1ccsc1NS(=O)(=O)c1c[nH]c2cc(Cl)ccc12. The third-order valence-corrected chi connectivity index (χ3v) is 5.84. The van der Waals surface area contributed by atoms with Gasteiger partial charge in [-0.05, 0) is 29.6 Å². The molecule has 0 aliphatic heterocycles. The van der Waals surface area contributed by atoms with Crippen molar-refractivity contribution in [3.8, 4) is 0 Å². The Kier molecular flexibility index (Phi) is 4.05. The molecule has 0 fully saturated rings. The summed E-state index contributed by atoms with van der Waals surface area (Å²) in [4.78, 5) is 14.7. The second kappa shape index (κ2) is 5.88. The maximum absolute atomic E-state index is 12.6. The van der Waals surface area contributed by atoms with Gasteiger partial charge in [-0.15, -0.1) is 11.3 Å². The van der Waals surface area contributed by atoms with Crippen molar-refractivity contribution in [1.82, 2.24) is 10.3 Å². The summed E-state index contributed by atoms with van der Waals surface area (Å²) in [6.07, 6.45) is 1.40. The Bertz CT molecular complexity index is 992. The Hall–Kier alpha value is -2.03. The predicted molar refractivity (Wildman–Crippen MR) is 91.8 cm³/mol. The fourth-order valence-corrected chi connectivity index (χ4v) is 4.64. The molecule has 1 aromatic carbocycles. The summed E-state index contributed by atoms with van der Waals surface area (Å²) >= 11 is 7.04. The third kappa shape index (κ3) is 2.92. The third-order valence-electron chi connectivity index (χ3n) is 3.26. The largest absolute Gasteiger partial charge is 0.360 e. The molecule has 0 saturated carbocycles. The zero-order valence-electron chi connectivity index (χ0n) is 11.9. The molecule has 1 amide bonds. The van der Waals surface area contributed by atoms with Crippen molar-refractivity contribution in [3.63, 3.8) is 0 Å². The van der Waals surface area contributed by atoms with Gasteiger partial charge in [0.2, 0.25) is 0 Å². The lowest BCUT2D eigenvalue weighted by atomic mass is 10.2. The molecule has 0 radical (unpaired) electrons. The number of hydrogen-bond donors (Lipinski definition) is 3. The van der Waals surface area contributed by atoms with Crippen molar-refractivity contribution in [1.29, 1.82) is 0 Å². The number of carbonyl (C=O) groups is 1. The van der Waals surface area contributed by atoms with E-state index < -0.39 is 10.0 Å². The molecule has 0 bridgehead atoms. The number of nitrogens with one attached hydrogen (secondary N) is 3. The van der Waals surface area contributed by atoms with Gasteiger partial charge in [0.1, 0.15) is 9.90 Å². The number of carbonyl (C=O) groups excluding carboxylic acids is 1. The van der Waals surface area contributed by atoms with Crippen molar-refractivity contribution in [2.75, 3.05) is 11.8 Å². The molecule has 0 spiro atoms. The van der Waals surface area contributed by atoms with Gasteiger partial charge in [0, 0.05) is 29.2 Å². The van der Waals surface area contributed by atoms with Crippen LogP contribution in [-0.4, -0.2) is 26.4 Å². The second-order valence-corrected chi connectivity index (χ2v) is 7.69. The maximum Gasteiger partial charge on any atom is 0.264 e. The molecule has 0 unspecified atom stereocenters. The number of benzene rings is 1. The van der Waals surface area contributed by atoms with E-state index in [9.17, 15) is 13.2 Å². The van der Waals surface area contributed by atoms with Crippen LogP contribution in [0.5, 0.6) is 0 Å². The molecule has 2 heterocycles. The number of rotatable bonds is 4. The van der Waals surface area contributed by atoms with E-state index in [1.54, 1.807) is 29.6 Å². The molecule has 3 aromatic rings. The molecule has 9 heteroatoms. The molecular weight excluding hydrogens is 358 g/mol. The molecule has 120 valence electrons. The van der Waals surface area contributed by atoms with Gasteiger partial charge < -0.3 is 10.3 Å². The van der Waals surface area contributed by atoms with Crippen LogP contribution >= 0.6 is 22.9 Å². The number of H-pyrrole nitrogens is 1. The Morgan fingerprint density at radius 3 is 2.83 bits per heavy atom. The predicted octanol–water partition coefficient (Wildman–Crippen LogP) is 3.04. The highest BCUT2D eigenvalue weighted by Crippen LogP contribution is 2.30. The molecule has 3 N–H and O–H groups in total. The van der Waals surface area contributed by atoms with Crippen LogP contribution in [0.15, 0.2) is 40.7 Å². The first-order valence-corrected chi connectivity index (χ1v) is 9.25. The highest BCUT2D eigenvalue weighted by atomic mass is 35.5. The Morgan fingerprint density at radius 1 is 1.30 bits per heavy atom. The average Bonchev–Trinajstić information content (AvgIpc) is 3.12. The van der Waals surface area contributed by atoms with Gasteiger partial charge in [-0.1, -0.05) is 11.6 Å². The zero-order chi connectivity index (χ0) is 16.6. The van der Waals surface area contributed by atoms with Crippen LogP contribution in [0.4, 0.5) is 5.00 Å². The van der Waals surface area contributed by atoms with Gasteiger partial charge in [0.25, 0.3) is 15.9 Å². The first-order chi connectivity index (χ1) is 10.9.